The number of nitrogens with one attached hydrogen (secondary N) is 1. The molecule has 2 aromatic carbocycles. The summed E-state index contributed by atoms with van der Waals surface area (Å²) in [6.45, 7) is 1.40. The van der Waals surface area contributed by atoms with Gasteiger partial charge in [0, 0.05) is 5.56 Å². The molecule has 0 atom stereocenters. The van der Waals surface area contributed by atoms with Crippen LogP contribution in [0, 0.1) is 11.3 Å². The second-order valence-corrected chi connectivity index (χ2v) is 5.16. The average molecular weight is 336 g/mol. The molecule has 6 heteroatoms. The summed E-state index contributed by atoms with van der Waals surface area (Å²) in [4.78, 5) is 24.0. The fourth-order valence-electron chi connectivity index (χ4n) is 2.19. The molecular weight excluding hydrogens is 320 g/mol. The van der Waals surface area contributed by atoms with Crippen LogP contribution in [0.15, 0.2) is 48.0 Å². The molecule has 0 unspecified atom stereocenters. The third-order valence-electron chi connectivity index (χ3n) is 3.43. The molecule has 2 rings (SSSR count). The third-order valence-corrected chi connectivity index (χ3v) is 3.43. The molecule has 0 spiro atoms. The number of hydrogen-bond donors (Lipinski definition) is 2. The number of ether oxygens (including phenoxy) is 1. The number of amides is 1. The Hall–Kier alpha value is -3.59. The van der Waals surface area contributed by atoms with Gasteiger partial charge in [-0.2, -0.15) is 5.26 Å². The summed E-state index contributed by atoms with van der Waals surface area (Å²) in [5.74, 6) is -0.642. The van der Waals surface area contributed by atoms with Crippen molar-refractivity contribution < 1.29 is 19.4 Å². The summed E-state index contributed by atoms with van der Waals surface area (Å²) in [6, 6.07) is 12.8. The smallest absolute Gasteiger partial charge is 0.266 e. The van der Waals surface area contributed by atoms with Gasteiger partial charge >= 0.3 is 0 Å². The first-order valence-corrected chi connectivity index (χ1v) is 7.36. The van der Waals surface area contributed by atoms with Crippen molar-refractivity contribution in [3.8, 4) is 17.6 Å². The first-order chi connectivity index (χ1) is 12.0. The van der Waals surface area contributed by atoms with Crippen LogP contribution in [0.3, 0.4) is 0 Å². The monoisotopic (exact) mass is 336 g/mol. The van der Waals surface area contributed by atoms with Crippen molar-refractivity contribution in [1.29, 1.82) is 5.26 Å². The topological polar surface area (TPSA) is 99.4 Å². The second-order valence-electron chi connectivity index (χ2n) is 5.16. The van der Waals surface area contributed by atoms with E-state index >= 15 is 0 Å². The molecular formula is C19H16N2O4. The van der Waals surface area contributed by atoms with Crippen LogP contribution in [0.2, 0.25) is 0 Å². The molecule has 0 heterocycles. The van der Waals surface area contributed by atoms with Gasteiger partial charge in [0.2, 0.25) is 0 Å². The Balaban J connectivity index is 2.31. The maximum Gasteiger partial charge on any atom is 0.266 e. The van der Waals surface area contributed by atoms with Crippen LogP contribution >= 0.6 is 0 Å². The zero-order chi connectivity index (χ0) is 18.4. The van der Waals surface area contributed by atoms with Crippen molar-refractivity contribution in [2.45, 2.75) is 6.92 Å². The molecule has 1 amide bonds. The molecule has 126 valence electrons. The van der Waals surface area contributed by atoms with Gasteiger partial charge in [0.05, 0.1) is 12.8 Å². The average Bonchev–Trinajstić information content (AvgIpc) is 2.61. The van der Waals surface area contributed by atoms with E-state index in [4.69, 9.17) is 4.74 Å². The number of hydrogen-bond acceptors (Lipinski definition) is 5. The van der Waals surface area contributed by atoms with E-state index in [1.165, 1.54) is 32.2 Å². The van der Waals surface area contributed by atoms with Crippen molar-refractivity contribution in [3.05, 3.63) is 59.2 Å². The standard InChI is InChI=1S/C19H16N2O4/c1-12(22)15-5-3-4-6-16(15)21-19(24)14(11-20)9-13-7-8-17(23)18(10-13)25-2/h3-10,23H,1-2H3,(H,21,24)/b14-9-. The number of anilines is 1. The number of rotatable bonds is 5. The SMILES string of the molecule is COc1cc(/C=C(/C#N)C(=O)Nc2ccccc2C(C)=O)ccc1O. The minimum absolute atomic E-state index is 0.0435. The lowest BCUT2D eigenvalue weighted by Gasteiger charge is -2.08. The largest absolute Gasteiger partial charge is 0.504 e. The predicted octanol–water partition coefficient (Wildman–Crippen LogP) is 3.15. The van der Waals surface area contributed by atoms with Crippen LogP contribution < -0.4 is 10.1 Å². The summed E-state index contributed by atoms with van der Waals surface area (Å²) in [6.07, 6.45) is 1.37. The van der Waals surface area contributed by atoms with Gasteiger partial charge in [-0.25, -0.2) is 0 Å². The van der Waals surface area contributed by atoms with Crippen LogP contribution in [-0.2, 0) is 4.79 Å². The van der Waals surface area contributed by atoms with Crippen molar-refractivity contribution in [2.24, 2.45) is 0 Å². The van der Waals surface area contributed by atoms with Crippen LogP contribution in [0.4, 0.5) is 5.69 Å². The quantitative estimate of drug-likeness (QED) is 0.496. The Morgan fingerprint density at radius 2 is 1.96 bits per heavy atom. The van der Waals surface area contributed by atoms with Crippen molar-refractivity contribution in [1.82, 2.24) is 0 Å². The Labute approximate surface area is 145 Å². The fourth-order valence-corrected chi connectivity index (χ4v) is 2.19. The predicted molar refractivity (Wildman–Crippen MR) is 93.3 cm³/mol. The van der Waals surface area contributed by atoms with Gasteiger partial charge in [-0.05, 0) is 42.8 Å². The van der Waals surface area contributed by atoms with E-state index in [1.54, 1.807) is 30.3 Å². The van der Waals surface area contributed by atoms with Crippen LogP contribution in [-0.4, -0.2) is 23.9 Å². The Bertz CT molecular complexity index is 895. The van der Waals surface area contributed by atoms with Gasteiger partial charge in [0.15, 0.2) is 17.3 Å². The summed E-state index contributed by atoms with van der Waals surface area (Å²) in [7, 11) is 1.40. The molecule has 0 bridgehead atoms. The van der Waals surface area contributed by atoms with E-state index < -0.39 is 5.91 Å². The van der Waals surface area contributed by atoms with E-state index in [0.717, 1.165) is 0 Å². The highest BCUT2D eigenvalue weighted by molar-refractivity contribution is 6.12. The van der Waals surface area contributed by atoms with Gasteiger partial charge in [-0.1, -0.05) is 18.2 Å². The Morgan fingerprint density at radius 3 is 2.60 bits per heavy atom. The van der Waals surface area contributed by atoms with E-state index in [9.17, 15) is 20.0 Å². The van der Waals surface area contributed by atoms with Crippen LogP contribution in [0.5, 0.6) is 11.5 Å². The fraction of sp³-hybridized carbons (Fsp3) is 0.105. The lowest BCUT2D eigenvalue weighted by atomic mass is 10.1. The molecule has 0 aliphatic carbocycles. The lowest BCUT2D eigenvalue weighted by Crippen LogP contribution is -2.15. The molecule has 0 saturated heterocycles. The summed E-state index contributed by atoms with van der Waals surface area (Å²) < 4.78 is 5.00. The molecule has 6 nitrogen and oxygen atoms in total. The zero-order valence-corrected chi connectivity index (χ0v) is 13.7. The first-order valence-electron chi connectivity index (χ1n) is 7.36. The van der Waals surface area contributed by atoms with E-state index in [-0.39, 0.29) is 22.9 Å². The normalized spacial score (nSPS) is 10.7. The van der Waals surface area contributed by atoms with Crippen molar-refractivity contribution in [2.75, 3.05) is 12.4 Å². The minimum Gasteiger partial charge on any atom is -0.504 e. The van der Waals surface area contributed by atoms with Gasteiger partial charge < -0.3 is 15.2 Å². The summed E-state index contributed by atoms with van der Waals surface area (Å²) in [5.41, 5.74) is 1.07. The highest BCUT2D eigenvalue weighted by Gasteiger charge is 2.14. The number of carbonyl (C=O) groups is 2. The maximum absolute atomic E-state index is 12.4. The van der Waals surface area contributed by atoms with E-state index in [2.05, 4.69) is 5.32 Å². The molecule has 0 aromatic heterocycles. The summed E-state index contributed by atoms with van der Waals surface area (Å²) in [5, 5.41) is 21.4. The number of para-hydroxylation sites is 1. The number of benzene rings is 2. The number of methoxy groups -OCH3 is 1. The van der Waals surface area contributed by atoms with E-state index in [1.807, 2.05) is 6.07 Å². The molecule has 2 N–H and O–H groups in total. The molecule has 2 aromatic rings. The van der Waals surface area contributed by atoms with Gasteiger partial charge in [-0.3, -0.25) is 9.59 Å². The second kappa shape index (κ2) is 7.79. The number of ketones is 1. The Morgan fingerprint density at radius 1 is 1.24 bits per heavy atom. The van der Waals surface area contributed by atoms with Gasteiger partial charge in [0.1, 0.15) is 11.6 Å². The number of phenolic OH excluding ortho intramolecular Hbond substituents is 1. The third kappa shape index (κ3) is 4.24. The number of nitriles is 1. The highest BCUT2D eigenvalue weighted by Crippen LogP contribution is 2.27. The lowest BCUT2D eigenvalue weighted by molar-refractivity contribution is -0.112. The van der Waals surface area contributed by atoms with Gasteiger partial charge in [-0.15, -0.1) is 0 Å². The van der Waals surface area contributed by atoms with Gasteiger partial charge in [0.25, 0.3) is 5.91 Å². The van der Waals surface area contributed by atoms with Crippen LogP contribution in [0.25, 0.3) is 6.08 Å². The number of aromatic hydroxyl groups is 1. The molecule has 0 aliphatic rings. The highest BCUT2D eigenvalue weighted by atomic mass is 16.5. The first kappa shape index (κ1) is 17.8. The maximum atomic E-state index is 12.4. The van der Waals surface area contributed by atoms with Crippen molar-refractivity contribution in [3.63, 3.8) is 0 Å². The molecule has 0 fully saturated rings. The van der Waals surface area contributed by atoms with Crippen LogP contribution in [0.1, 0.15) is 22.8 Å². The minimum atomic E-state index is -0.636. The number of nitrogens with zero attached hydrogens (tertiary/aromatic N) is 1. The molecule has 0 aliphatic heterocycles. The zero-order valence-electron chi connectivity index (χ0n) is 13.7. The Kier molecular flexibility index (Phi) is 5.54. The number of Topliss-reactive ketones (excluding diaryl/α,β-unsaturated/α-hetero) is 1. The number of carbonyl (C=O) groups excluding carboxylic acids is 2. The number of phenols is 1. The van der Waals surface area contributed by atoms with E-state index in [0.29, 0.717) is 16.8 Å². The molecule has 25 heavy (non-hydrogen) atoms. The summed E-state index contributed by atoms with van der Waals surface area (Å²) >= 11 is 0. The van der Waals surface area contributed by atoms with Crippen molar-refractivity contribution >= 4 is 23.5 Å². The molecule has 0 radical (unpaired) electrons. The molecule has 0 saturated carbocycles.